The van der Waals surface area contributed by atoms with Crippen molar-refractivity contribution in [3.63, 3.8) is 0 Å². The van der Waals surface area contributed by atoms with E-state index in [1.54, 1.807) is 18.2 Å². The number of rotatable bonds is 5. The number of sulfonamides is 1. The van der Waals surface area contributed by atoms with Crippen LogP contribution in [-0.2, 0) is 14.8 Å². The van der Waals surface area contributed by atoms with Gasteiger partial charge in [-0.15, -0.1) is 0 Å². The van der Waals surface area contributed by atoms with E-state index < -0.39 is 21.3 Å². The first kappa shape index (κ1) is 17.8. The van der Waals surface area contributed by atoms with Crippen LogP contribution >= 0.6 is 23.2 Å². The Kier molecular flexibility index (Phi) is 5.34. The minimum absolute atomic E-state index is 0.0353. The van der Waals surface area contributed by atoms with Gasteiger partial charge in [-0.1, -0.05) is 23.7 Å². The predicted octanol–water partition coefficient (Wildman–Crippen LogP) is 4.00. The average molecular weight is 372 g/mol. The highest BCUT2D eigenvalue weighted by Crippen LogP contribution is 2.28. The summed E-state index contributed by atoms with van der Waals surface area (Å²) in [6.45, 7) is 3.29. The summed E-state index contributed by atoms with van der Waals surface area (Å²) in [5, 5.41) is -0.337. The Morgan fingerprint density at radius 2 is 1.74 bits per heavy atom. The number of hydrogen-bond acceptors (Lipinski definition) is 3. The van der Waals surface area contributed by atoms with Gasteiger partial charge in [-0.25, -0.2) is 8.42 Å². The van der Waals surface area contributed by atoms with E-state index in [4.69, 9.17) is 23.2 Å². The summed E-state index contributed by atoms with van der Waals surface area (Å²) in [6, 6.07) is 11.6. The van der Waals surface area contributed by atoms with E-state index in [1.165, 1.54) is 31.2 Å². The first-order chi connectivity index (χ1) is 10.7. The molecule has 2 aromatic rings. The van der Waals surface area contributed by atoms with E-state index >= 15 is 0 Å². The van der Waals surface area contributed by atoms with E-state index in [0.717, 1.165) is 9.87 Å². The molecule has 2 rings (SSSR count). The van der Waals surface area contributed by atoms with Crippen molar-refractivity contribution >= 4 is 44.2 Å². The number of carbonyl (C=O) groups is 1. The standard InChI is InChI=1S/C16H15Cl2NO3S/c1-11-4-3-5-14(10-11)19(12(2)16(18)20)23(21,22)15-8-6-13(17)7-9-15/h3-10,12H,1-2H3. The van der Waals surface area contributed by atoms with Crippen LogP contribution in [-0.4, -0.2) is 19.7 Å². The van der Waals surface area contributed by atoms with Gasteiger partial charge in [0.15, 0.2) is 0 Å². The molecule has 122 valence electrons. The summed E-state index contributed by atoms with van der Waals surface area (Å²) in [5.74, 6) is 0. The second-order valence-corrected chi connectivity index (χ2v) is 7.70. The lowest BCUT2D eigenvalue weighted by Crippen LogP contribution is -2.42. The molecule has 0 bridgehead atoms. The van der Waals surface area contributed by atoms with Gasteiger partial charge in [-0.3, -0.25) is 9.10 Å². The predicted molar refractivity (Wildman–Crippen MR) is 92.6 cm³/mol. The molecule has 1 unspecified atom stereocenters. The summed E-state index contributed by atoms with van der Waals surface area (Å²) in [7, 11) is -3.96. The summed E-state index contributed by atoms with van der Waals surface area (Å²) in [4.78, 5) is 11.6. The van der Waals surface area contributed by atoms with Crippen LogP contribution in [0, 0.1) is 6.92 Å². The molecule has 0 radical (unpaired) electrons. The zero-order chi connectivity index (χ0) is 17.2. The zero-order valence-corrected chi connectivity index (χ0v) is 14.9. The first-order valence-corrected chi connectivity index (χ1v) is 8.99. The molecule has 0 saturated carbocycles. The van der Waals surface area contributed by atoms with Gasteiger partial charge in [-0.2, -0.15) is 0 Å². The molecule has 0 heterocycles. The summed E-state index contributed by atoms with van der Waals surface area (Å²) < 4.78 is 27.0. The molecule has 0 amide bonds. The van der Waals surface area contributed by atoms with Crippen molar-refractivity contribution in [2.75, 3.05) is 4.31 Å². The van der Waals surface area contributed by atoms with Gasteiger partial charge < -0.3 is 0 Å². The van der Waals surface area contributed by atoms with Crippen LogP contribution in [0.1, 0.15) is 12.5 Å². The fourth-order valence-corrected chi connectivity index (χ4v) is 4.04. The molecule has 4 nitrogen and oxygen atoms in total. The molecule has 7 heteroatoms. The van der Waals surface area contributed by atoms with E-state index in [1.807, 2.05) is 13.0 Å². The van der Waals surface area contributed by atoms with Crippen molar-refractivity contribution in [3.05, 3.63) is 59.1 Å². The Labute approximate surface area is 145 Å². The Bertz CT molecular complexity index is 819. The SMILES string of the molecule is Cc1cccc(N(C(C)C(=O)Cl)S(=O)(=O)c2ccc(Cl)cc2)c1. The highest BCUT2D eigenvalue weighted by Gasteiger charge is 2.32. The van der Waals surface area contributed by atoms with Crippen LogP contribution in [0.15, 0.2) is 53.4 Å². The fourth-order valence-electron chi connectivity index (χ4n) is 2.15. The van der Waals surface area contributed by atoms with Crippen LogP contribution in [0.5, 0.6) is 0 Å². The molecule has 2 aromatic carbocycles. The Morgan fingerprint density at radius 1 is 1.13 bits per heavy atom. The minimum atomic E-state index is -3.96. The lowest BCUT2D eigenvalue weighted by molar-refractivity contribution is -0.112. The van der Waals surface area contributed by atoms with Gasteiger partial charge in [0.25, 0.3) is 10.0 Å². The molecule has 0 aliphatic rings. The largest absolute Gasteiger partial charge is 0.279 e. The summed E-state index contributed by atoms with van der Waals surface area (Å²) in [6.07, 6.45) is 0. The first-order valence-electron chi connectivity index (χ1n) is 6.79. The molecule has 23 heavy (non-hydrogen) atoms. The third-order valence-electron chi connectivity index (χ3n) is 3.31. The number of benzene rings is 2. The smallest absolute Gasteiger partial charge is 0.265 e. The molecule has 0 aliphatic carbocycles. The third kappa shape index (κ3) is 3.86. The van der Waals surface area contributed by atoms with Crippen LogP contribution in [0.2, 0.25) is 5.02 Å². The molecule has 0 saturated heterocycles. The third-order valence-corrected chi connectivity index (χ3v) is 5.79. The monoisotopic (exact) mass is 371 g/mol. The minimum Gasteiger partial charge on any atom is -0.279 e. The maximum absolute atomic E-state index is 13.0. The van der Waals surface area contributed by atoms with Crippen molar-refractivity contribution in [1.29, 1.82) is 0 Å². The normalized spacial score (nSPS) is 12.7. The maximum atomic E-state index is 13.0. The molecular formula is C16H15Cl2NO3S. The zero-order valence-electron chi connectivity index (χ0n) is 12.5. The number of aryl methyl sites for hydroxylation is 1. The average Bonchev–Trinajstić information content (AvgIpc) is 2.47. The molecule has 0 spiro atoms. The summed E-state index contributed by atoms with van der Waals surface area (Å²) in [5.41, 5.74) is 1.24. The number of anilines is 1. The number of halogens is 2. The van der Waals surface area contributed by atoms with Crippen molar-refractivity contribution in [2.24, 2.45) is 0 Å². The van der Waals surface area contributed by atoms with Crippen molar-refractivity contribution in [2.45, 2.75) is 24.8 Å². The maximum Gasteiger partial charge on any atom is 0.265 e. The number of carbonyl (C=O) groups excluding carboxylic acids is 1. The van der Waals surface area contributed by atoms with Crippen molar-refractivity contribution in [1.82, 2.24) is 0 Å². The van der Waals surface area contributed by atoms with Gasteiger partial charge >= 0.3 is 0 Å². The Hall–Kier alpha value is -1.56. The van der Waals surface area contributed by atoms with Gasteiger partial charge in [0, 0.05) is 5.02 Å². The van der Waals surface area contributed by atoms with Gasteiger partial charge in [-0.05, 0) is 67.4 Å². The molecule has 0 fully saturated rings. The van der Waals surface area contributed by atoms with Crippen molar-refractivity contribution < 1.29 is 13.2 Å². The highest BCUT2D eigenvalue weighted by atomic mass is 35.5. The van der Waals surface area contributed by atoms with Crippen LogP contribution < -0.4 is 4.31 Å². The van der Waals surface area contributed by atoms with E-state index in [-0.39, 0.29) is 4.90 Å². The highest BCUT2D eigenvalue weighted by molar-refractivity contribution is 7.93. The number of hydrogen-bond donors (Lipinski definition) is 0. The van der Waals surface area contributed by atoms with E-state index in [9.17, 15) is 13.2 Å². The quantitative estimate of drug-likeness (QED) is 0.746. The van der Waals surface area contributed by atoms with Crippen LogP contribution in [0.3, 0.4) is 0 Å². The fraction of sp³-hybridized carbons (Fsp3) is 0.188. The van der Waals surface area contributed by atoms with Crippen LogP contribution in [0.4, 0.5) is 5.69 Å². The number of nitrogens with zero attached hydrogens (tertiary/aromatic N) is 1. The molecular weight excluding hydrogens is 357 g/mol. The summed E-state index contributed by atoms with van der Waals surface area (Å²) >= 11 is 11.4. The second kappa shape index (κ2) is 6.91. The molecule has 0 N–H and O–H groups in total. The van der Waals surface area contributed by atoms with Gasteiger partial charge in [0.1, 0.15) is 6.04 Å². The molecule has 0 aliphatic heterocycles. The lowest BCUT2D eigenvalue weighted by Gasteiger charge is -2.28. The van der Waals surface area contributed by atoms with E-state index in [0.29, 0.717) is 10.7 Å². The van der Waals surface area contributed by atoms with Gasteiger partial charge in [0.05, 0.1) is 10.6 Å². The molecule has 1 atom stereocenters. The lowest BCUT2D eigenvalue weighted by atomic mass is 10.2. The van der Waals surface area contributed by atoms with Crippen LogP contribution in [0.25, 0.3) is 0 Å². The second-order valence-electron chi connectivity index (χ2n) is 5.07. The Balaban J connectivity index is 2.61. The van der Waals surface area contributed by atoms with Gasteiger partial charge in [0.2, 0.25) is 5.24 Å². The van der Waals surface area contributed by atoms with E-state index in [2.05, 4.69) is 0 Å². The van der Waals surface area contributed by atoms with Crippen molar-refractivity contribution in [3.8, 4) is 0 Å². The molecule has 0 aromatic heterocycles. The Morgan fingerprint density at radius 3 is 2.26 bits per heavy atom. The topological polar surface area (TPSA) is 54.5 Å².